The van der Waals surface area contributed by atoms with Crippen LogP contribution in [-0.2, 0) is 4.74 Å². The number of aromatic nitrogens is 2. The van der Waals surface area contributed by atoms with Crippen LogP contribution in [-0.4, -0.2) is 78.8 Å². The zero-order chi connectivity index (χ0) is 18.1. The number of rotatable bonds is 2. The Morgan fingerprint density at radius 2 is 2.00 bits per heavy atom. The van der Waals surface area contributed by atoms with E-state index in [4.69, 9.17) is 9.84 Å². The van der Waals surface area contributed by atoms with Gasteiger partial charge in [-0.15, -0.1) is 0 Å². The molecule has 132 valence electrons. The maximum absolute atomic E-state index is 11.2. The summed E-state index contributed by atoms with van der Waals surface area (Å²) < 4.78 is 5.30. The van der Waals surface area contributed by atoms with Gasteiger partial charge in [0.05, 0.1) is 29.4 Å². The van der Waals surface area contributed by atoms with Crippen molar-refractivity contribution < 1.29 is 35.1 Å². The maximum Gasteiger partial charge on any atom is 0.335 e. The molecular formula is C16H16N2O7. The van der Waals surface area contributed by atoms with Gasteiger partial charge in [-0.25, -0.2) is 4.79 Å². The lowest BCUT2D eigenvalue weighted by Crippen LogP contribution is -2.58. The number of aliphatic hydroxyl groups excluding tert-OH is 4. The van der Waals surface area contributed by atoms with Gasteiger partial charge >= 0.3 is 5.97 Å². The van der Waals surface area contributed by atoms with Gasteiger partial charge in [-0.05, 0) is 12.1 Å². The summed E-state index contributed by atoms with van der Waals surface area (Å²) in [6.07, 6.45) is -5.24. The second kappa shape index (κ2) is 6.79. The van der Waals surface area contributed by atoms with Gasteiger partial charge in [-0.1, -0.05) is 11.8 Å². The fourth-order valence-corrected chi connectivity index (χ4v) is 2.65. The van der Waals surface area contributed by atoms with Crippen molar-refractivity contribution in [2.24, 2.45) is 0 Å². The summed E-state index contributed by atoms with van der Waals surface area (Å²) in [4.78, 5) is 11.2. The minimum atomic E-state index is -1.53. The molecule has 2 aromatic rings. The summed E-state index contributed by atoms with van der Waals surface area (Å²) in [5.74, 6) is 4.19. The summed E-state index contributed by atoms with van der Waals surface area (Å²) in [7, 11) is 0. The molecular weight excluding hydrogens is 332 g/mol. The van der Waals surface area contributed by atoms with E-state index in [1.807, 2.05) is 0 Å². The van der Waals surface area contributed by atoms with Crippen molar-refractivity contribution in [2.75, 3.05) is 6.61 Å². The van der Waals surface area contributed by atoms with Gasteiger partial charge in [0.2, 0.25) is 0 Å². The van der Waals surface area contributed by atoms with E-state index < -0.39 is 43.1 Å². The number of fused-ring (bicyclic) bond motifs is 1. The number of hydrogen-bond donors (Lipinski definition) is 6. The summed E-state index contributed by atoms with van der Waals surface area (Å²) >= 11 is 0. The molecule has 0 aliphatic carbocycles. The molecule has 3 rings (SSSR count). The molecule has 9 heteroatoms. The van der Waals surface area contributed by atoms with Crippen LogP contribution in [0.3, 0.4) is 0 Å². The Labute approximate surface area is 141 Å². The van der Waals surface area contributed by atoms with Crippen molar-refractivity contribution in [3.63, 3.8) is 0 Å². The first-order valence-corrected chi connectivity index (χ1v) is 7.45. The van der Waals surface area contributed by atoms with Gasteiger partial charge < -0.3 is 30.3 Å². The van der Waals surface area contributed by atoms with Gasteiger partial charge in [0, 0.05) is 5.39 Å². The predicted octanol–water partition coefficient (Wildman–Crippen LogP) is -1.54. The molecule has 6 N–H and O–H groups in total. The van der Waals surface area contributed by atoms with E-state index in [-0.39, 0.29) is 5.56 Å². The molecule has 1 unspecified atom stereocenters. The van der Waals surface area contributed by atoms with Crippen molar-refractivity contribution in [1.82, 2.24) is 10.2 Å². The van der Waals surface area contributed by atoms with Crippen molar-refractivity contribution in [3.05, 3.63) is 29.5 Å². The van der Waals surface area contributed by atoms with Gasteiger partial charge in [0.15, 0.2) is 0 Å². The first-order valence-electron chi connectivity index (χ1n) is 7.45. The highest BCUT2D eigenvalue weighted by molar-refractivity contribution is 5.95. The van der Waals surface area contributed by atoms with Crippen LogP contribution < -0.4 is 0 Å². The summed E-state index contributed by atoms with van der Waals surface area (Å²) in [6, 6.07) is 2.79. The molecule has 1 saturated heterocycles. The number of carbonyl (C=O) groups is 1. The Kier molecular flexibility index (Phi) is 4.71. The third-order valence-corrected chi connectivity index (χ3v) is 4.04. The number of benzene rings is 1. The lowest BCUT2D eigenvalue weighted by atomic mass is 9.95. The van der Waals surface area contributed by atoms with Crippen molar-refractivity contribution in [2.45, 2.75) is 30.5 Å². The standard InChI is InChI=1S/C16H16N2O7/c19-6-11-14(21)15(22)13(20)10(25-11)2-1-7-3-8(16(23)24)4-9-5-17-18-12(7)9/h3-5,10-11,13-15,19-22H,6H2,(H,17,18)(H,23,24)/t10-,11-,13-,14-,15?/m1/s1. The minimum Gasteiger partial charge on any atom is -0.478 e. The molecule has 2 heterocycles. The third kappa shape index (κ3) is 3.21. The summed E-state index contributed by atoms with van der Waals surface area (Å²) in [5.41, 5.74) is 0.860. The highest BCUT2D eigenvalue weighted by Gasteiger charge is 2.42. The number of nitrogens with one attached hydrogen (secondary N) is 1. The second-order valence-corrected chi connectivity index (χ2v) is 5.68. The van der Waals surface area contributed by atoms with Crippen LogP contribution in [0.2, 0.25) is 0 Å². The molecule has 25 heavy (non-hydrogen) atoms. The van der Waals surface area contributed by atoms with Gasteiger partial charge in [-0.2, -0.15) is 5.10 Å². The van der Waals surface area contributed by atoms with E-state index in [0.717, 1.165) is 0 Å². The van der Waals surface area contributed by atoms with Gasteiger partial charge in [-0.3, -0.25) is 5.10 Å². The van der Waals surface area contributed by atoms with Gasteiger partial charge in [0.1, 0.15) is 30.5 Å². The second-order valence-electron chi connectivity index (χ2n) is 5.68. The number of nitrogens with zero attached hydrogens (tertiary/aromatic N) is 1. The number of H-pyrrole nitrogens is 1. The Balaban J connectivity index is 1.96. The van der Waals surface area contributed by atoms with Crippen LogP contribution in [0, 0.1) is 11.8 Å². The SMILES string of the molecule is O=C(O)c1cc(C#C[C@H]2O[C@H](CO)[C@@H](O)C(O)[C@@H]2O)c2[nH]ncc2c1. The molecule has 5 atom stereocenters. The van der Waals surface area contributed by atoms with Crippen LogP contribution in [0.15, 0.2) is 18.3 Å². The maximum atomic E-state index is 11.2. The van der Waals surface area contributed by atoms with Crippen molar-refractivity contribution >= 4 is 16.9 Å². The molecule has 9 nitrogen and oxygen atoms in total. The van der Waals surface area contributed by atoms with E-state index in [1.54, 1.807) is 0 Å². The highest BCUT2D eigenvalue weighted by Crippen LogP contribution is 2.22. The quantitative estimate of drug-likeness (QED) is 0.356. The topological polar surface area (TPSA) is 156 Å². The normalized spacial score (nSPS) is 29.2. The van der Waals surface area contributed by atoms with Crippen LogP contribution in [0.5, 0.6) is 0 Å². The first kappa shape index (κ1) is 17.3. The van der Waals surface area contributed by atoms with Crippen molar-refractivity contribution in [3.8, 4) is 11.8 Å². The van der Waals surface area contributed by atoms with Crippen LogP contribution in [0.4, 0.5) is 0 Å². The van der Waals surface area contributed by atoms with Crippen LogP contribution >= 0.6 is 0 Å². The highest BCUT2D eigenvalue weighted by atomic mass is 16.5. The van der Waals surface area contributed by atoms with E-state index in [9.17, 15) is 25.2 Å². The third-order valence-electron chi connectivity index (χ3n) is 4.04. The average Bonchev–Trinajstić information content (AvgIpc) is 3.07. The molecule has 1 aliphatic heterocycles. The molecule has 0 spiro atoms. The molecule has 0 saturated carbocycles. The van der Waals surface area contributed by atoms with Crippen LogP contribution in [0.25, 0.3) is 10.9 Å². The largest absolute Gasteiger partial charge is 0.478 e. The van der Waals surface area contributed by atoms with Crippen molar-refractivity contribution in [1.29, 1.82) is 0 Å². The Morgan fingerprint density at radius 3 is 2.68 bits per heavy atom. The van der Waals surface area contributed by atoms with E-state index >= 15 is 0 Å². The number of aromatic amines is 1. The zero-order valence-electron chi connectivity index (χ0n) is 12.8. The Bertz CT molecular complexity index is 851. The summed E-state index contributed by atoms with van der Waals surface area (Å²) in [6.45, 7) is -0.553. The number of aliphatic hydroxyl groups is 4. The monoisotopic (exact) mass is 348 g/mol. The number of carboxylic acid groups (broad SMARTS) is 1. The van der Waals surface area contributed by atoms with Gasteiger partial charge in [0.25, 0.3) is 0 Å². The molecule has 0 radical (unpaired) electrons. The fraction of sp³-hybridized carbons (Fsp3) is 0.375. The van der Waals surface area contributed by atoms with Crippen LogP contribution in [0.1, 0.15) is 15.9 Å². The lowest BCUT2D eigenvalue weighted by molar-refractivity contribution is -0.214. The molecule has 1 aliphatic rings. The van der Waals surface area contributed by atoms with E-state index in [2.05, 4.69) is 22.0 Å². The number of carboxylic acids is 1. The molecule has 0 bridgehead atoms. The summed E-state index contributed by atoms with van der Waals surface area (Å²) in [5, 5.41) is 55.0. The average molecular weight is 348 g/mol. The Morgan fingerprint density at radius 1 is 1.24 bits per heavy atom. The zero-order valence-corrected chi connectivity index (χ0v) is 12.8. The fourth-order valence-electron chi connectivity index (χ4n) is 2.65. The van der Waals surface area contributed by atoms with E-state index in [1.165, 1.54) is 18.3 Å². The smallest absolute Gasteiger partial charge is 0.335 e. The Hall–Kier alpha value is -2.48. The number of aromatic carboxylic acids is 1. The first-order chi connectivity index (χ1) is 11.9. The molecule has 1 aromatic heterocycles. The molecule has 1 aromatic carbocycles. The lowest BCUT2D eigenvalue weighted by Gasteiger charge is -2.37. The predicted molar refractivity (Wildman–Crippen MR) is 83.7 cm³/mol. The number of ether oxygens (including phenoxy) is 1. The minimum absolute atomic E-state index is 0.0204. The molecule has 0 amide bonds. The van der Waals surface area contributed by atoms with E-state index in [0.29, 0.717) is 16.5 Å². The molecule has 1 fully saturated rings. The number of hydrogen-bond acceptors (Lipinski definition) is 7.